The van der Waals surface area contributed by atoms with Gasteiger partial charge in [-0.25, -0.2) is 0 Å². The highest BCUT2D eigenvalue weighted by atomic mass is 14.9. The van der Waals surface area contributed by atoms with Crippen molar-refractivity contribution < 1.29 is 0 Å². The van der Waals surface area contributed by atoms with Crippen LogP contribution in [-0.4, -0.2) is 11.5 Å². The summed E-state index contributed by atoms with van der Waals surface area (Å²) in [5.41, 5.74) is 8.69. The molecule has 18 heavy (non-hydrogen) atoms. The highest BCUT2D eigenvalue weighted by molar-refractivity contribution is 5.65. The molecule has 0 aliphatic rings. The van der Waals surface area contributed by atoms with Gasteiger partial charge >= 0.3 is 0 Å². The second kappa shape index (κ2) is 5.08. The molecule has 0 atom stereocenters. The number of hydrogen-bond donors (Lipinski definition) is 2. The third kappa shape index (κ3) is 2.80. The molecule has 3 heteroatoms. The van der Waals surface area contributed by atoms with Crippen molar-refractivity contribution in [1.82, 2.24) is 4.98 Å². The first-order valence-electron chi connectivity index (χ1n) is 6.09. The van der Waals surface area contributed by atoms with Crippen molar-refractivity contribution in [3.63, 3.8) is 0 Å². The van der Waals surface area contributed by atoms with Crippen LogP contribution in [0.1, 0.15) is 19.5 Å². The lowest BCUT2D eigenvalue weighted by Crippen LogP contribution is -2.28. The zero-order chi connectivity index (χ0) is 13.0. The largest absolute Gasteiger partial charge is 0.397 e. The Morgan fingerprint density at radius 2 is 1.83 bits per heavy atom. The number of aromatic nitrogens is 1. The first-order valence-corrected chi connectivity index (χ1v) is 6.09. The number of benzene rings is 1. The van der Waals surface area contributed by atoms with Gasteiger partial charge in [0.1, 0.15) is 0 Å². The predicted molar refractivity (Wildman–Crippen MR) is 76.6 cm³/mol. The minimum absolute atomic E-state index is 0.0382. The summed E-state index contributed by atoms with van der Waals surface area (Å²) in [5, 5.41) is 3.39. The van der Waals surface area contributed by atoms with E-state index in [9.17, 15) is 0 Å². The van der Waals surface area contributed by atoms with E-state index in [-0.39, 0.29) is 5.41 Å². The molecule has 0 radical (unpaired) electrons. The topological polar surface area (TPSA) is 50.9 Å². The molecule has 0 saturated carbocycles. The summed E-state index contributed by atoms with van der Waals surface area (Å²) in [6.07, 6.45) is 1.83. The van der Waals surface area contributed by atoms with Crippen molar-refractivity contribution in [2.45, 2.75) is 19.3 Å². The van der Waals surface area contributed by atoms with E-state index >= 15 is 0 Å². The van der Waals surface area contributed by atoms with E-state index in [1.807, 2.05) is 42.6 Å². The molecule has 0 aliphatic heterocycles. The predicted octanol–water partition coefficient (Wildman–Crippen LogP) is 3.05. The molecule has 0 saturated heterocycles. The Hall–Kier alpha value is -2.03. The Morgan fingerprint density at radius 3 is 2.50 bits per heavy atom. The van der Waals surface area contributed by atoms with Crippen molar-refractivity contribution in [2.75, 3.05) is 17.6 Å². The Bertz CT molecular complexity index is 506. The summed E-state index contributed by atoms with van der Waals surface area (Å²) in [6, 6.07) is 13.8. The molecular weight excluding hydrogens is 222 g/mol. The molecule has 3 N–H and O–H groups in total. The van der Waals surface area contributed by atoms with Gasteiger partial charge in [-0.05, 0) is 24.3 Å². The zero-order valence-corrected chi connectivity index (χ0v) is 10.9. The quantitative estimate of drug-likeness (QED) is 0.809. The maximum absolute atomic E-state index is 5.91. The first kappa shape index (κ1) is 12.4. The molecule has 0 unspecified atom stereocenters. The number of anilines is 2. The summed E-state index contributed by atoms with van der Waals surface area (Å²) >= 11 is 0. The maximum atomic E-state index is 5.91. The van der Waals surface area contributed by atoms with Gasteiger partial charge in [0.15, 0.2) is 0 Å². The third-order valence-corrected chi connectivity index (χ3v) is 3.04. The first-order chi connectivity index (χ1) is 8.59. The summed E-state index contributed by atoms with van der Waals surface area (Å²) in [5.74, 6) is 0. The van der Waals surface area contributed by atoms with Crippen LogP contribution in [0.5, 0.6) is 0 Å². The van der Waals surface area contributed by atoms with Crippen molar-refractivity contribution in [3.8, 4) is 0 Å². The SMILES string of the molecule is CC(C)(CNc1ccccc1N)c1ccccn1. The van der Waals surface area contributed by atoms with Crippen LogP contribution >= 0.6 is 0 Å². The van der Waals surface area contributed by atoms with E-state index < -0.39 is 0 Å². The van der Waals surface area contributed by atoms with E-state index in [1.165, 1.54) is 0 Å². The Kier molecular flexibility index (Phi) is 3.51. The van der Waals surface area contributed by atoms with Gasteiger partial charge in [-0.2, -0.15) is 0 Å². The molecule has 1 heterocycles. The van der Waals surface area contributed by atoms with Crippen LogP contribution < -0.4 is 11.1 Å². The molecule has 1 aromatic carbocycles. The normalized spacial score (nSPS) is 11.2. The van der Waals surface area contributed by atoms with Gasteiger partial charge in [-0.1, -0.05) is 32.0 Å². The average Bonchev–Trinajstić information content (AvgIpc) is 2.39. The van der Waals surface area contributed by atoms with Crippen LogP contribution in [0.25, 0.3) is 0 Å². The van der Waals surface area contributed by atoms with E-state index in [2.05, 4.69) is 30.2 Å². The molecule has 3 nitrogen and oxygen atoms in total. The molecule has 0 bridgehead atoms. The zero-order valence-electron chi connectivity index (χ0n) is 10.9. The molecule has 0 fully saturated rings. The Labute approximate surface area is 108 Å². The average molecular weight is 241 g/mol. The van der Waals surface area contributed by atoms with E-state index in [4.69, 9.17) is 5.73 Å². The van der Waals surface area contributed by atoms with Crippen LogP contribution in [0.3, 0.4) is 0 Å². The number of nitrogens with two attached hydrogens (primary N) is 1. The van der Waals surface area contributed by atoms with Crippen molar-refractivity contribution in [1.29, 1.82) is 0 Å². The fourth-order valence-corrected chi connectivity index (χ4v) is 1.83. The Morgan fingerprint density at radius 1 is 1.11 bits per heavy atom. The lowest BCUT2D eigenvalue weighted by molar-refractivity contribution is 0.538. The summed E-state index contributed by atoms with van der Waals surface area (Å²) < 4.78 is 0. The molecule has 0 amide bonds. The van der Waals surface area contributed by atoms with Crippen LogP contribution in [-0.2, 0) is 5.41 Å². The minimum Gasteiger partial charge on any atom is -0.397 e. The molecule has 0 spiro atoms. The van der Waals surface area contributed by atoms with E-state index in [0.717, 1.165) is 23.6 Å². The van der Waals surface area contributed by atoms with Crippen LogP contribution in [0, 0.1) is 0 Å². The van der Waals surface area contributed by atoms with Gasteiger partial charge in [0.05, 0.1) is 11.4 Å². The standard InChI is InChI=1S/C15H19N3/c1-15(2,14-9-5-6-10-17-14)11-18-13-8-4-3-7-12(13)16/h3-10,18H,11,16H2,1-2H3. The van der Waals surface area contributed by atoms with Crippen LogP contribution in [0.4, 0.5) is 11.4 Å². The summed E-state index contributed by atoms with van der Waals surface area (Å²) in [4.78, 5) is 4.41. The second-order valence-electron chi connectivity index (χ2n) is 5.04. The molecular formula is C15H19N3. The fourth-order valence-electron chi connectivity index (χ4n) is 1.83. The third-order valence-electron chi connectivity index (χ3n) is 3.04. The Balaban J connectivity index is 2.08. The van der Waals surface area contributed by atoms with Gasteiger partial charge in [-0.15, -0.1) is 0 Å². The number of para-hydroxylation sites is 2. The highest BCUT2D eigenvalue weighted by Crippen LogP contribution is 2.23. The van der Waals surface area contributed by atoms with E-state index in [1.54, 1.807) is 0 Å². The van der Waals surface area contributed by atoms with Crippen molar-refractivity contribution in [3.05, 3.63) is 54.4 Å². The number of rotatable bonds is 4. The summed E-state index contributed by atoms with van der Waals surface area (Å²) in [7, 11) is 0. The molecule has 2 rings (SSSR count). The van der Waals surface area contributed by atoms with Gasteiger partial charge < -0.3 is 11.1 Å². The molecule has 2 aromatic rings. The van der Waals surface area contributed by atoms with Crippen LogP contribution in [0.2, 0.25) is 0 Å². The van der Waals surface area contributed by atoms with Gasteiger partial charge in [0.2, 0.25) is 0 Å². The fraction of sp³-hybridized carbons (Fsp3) is 0.267. The maximum Gasteiger partial charge on any atom is 0.0574 e. The number of hydrogen-bond acceptors (Lipinski definition) is 3. The number of nitrogens with zero attached hydrogens (tertiary/aromatic N) is 1. The smallest absolute Gasteiger partial charge is 0.0574 e. The molecule has 0 aliphatic carbocycles. The lowest BCUT2D eigenvalue weighted by Gasteiger charge is -2.25. The number of nitrogens with one attached hydrogen (secondary N) is 1. The number of nitrogen functional groups attached to an aromatic ring is 1. The number of pyridine rings is 1. The van der Waals surface area contributed by atoms with Gasteiger partial charge in [0, 0.05) is 23.9 Å². The summed E-state index contributed by atoms with van der Waals surface area (Å²) in [6.45, 7) is 5.13. The van der Waals surface area contributed by atoms with Gasteiger partial charge in [0.25, 0.3) is 0 Å². The second-order valence-corrected chi connectivity index (χ2v) is 5.04. The molecule has 94 valence electrons. The van der Waals surface area contributed by atoms with Gasteiger partial charge in [-0.3, -0.25) is 4.98 Å². The van der Waals surface area contributed by atoms with Crippen LogP contribution in [0.15, 0.2) is 48.7 Å². The lowest BCUT2D eigenvalue weighted by atomic mass is 9.88. The van der Waals surface area contributed by atoms with Crippen molar-refractivity contribution in [2.24, 2.45) is 0 Å². The monoisotopic (exact) mass is 241 g/mol. The molecule has 1 aromatic heterocycles. The highest BCUT2D eigenvalue weighted by Gasteiger charge is 2.21. The van der Waals surface area contributed by atoms with E-state index in [0.29, 0.717) is 0 Å². The van der Waals surface area contributed by atoms with Crippen molar-refractivity contribution >= 4 is 11.4 Å². The minimum atomic E-state index is -0.0382.